The number of alkyl carbamates (subject to hydrolysis) is 1. The Bertz CT molecular complexity index is 587. The molecule has 0 saturated heterocycles. The molecule has 5 nitrogen and oxygen atoms in total. The number of hydrogen-bond acceptors (Lipinski definition) is 3. The maximum atomic E-state index is 12.5. The van der Waals surface area contributed by atoms with Crippen molar-refractivity contribution >= 4 is 12.0 Å². The molecular weight excluding hydrogens is 316 g/mol. The quantitative estimate of drug-likeness (QED) is 0.789. The molecule has 0 fully saturated rings. The lowest BCUT2D eigenvalue weighted by atomic mass is 9.92. The van der Waals surface area contributed by atoms with E-state index in [4.69, 9.17) is 4.74 Å². The van der Waals surface area contributed by atoms with E-state index < -0.39 is 17.2 Å². The molecule has 1 aromatic carbocycles. The SMILES string of the molecule is CCC(CC)(CNC(=O)OC(C)(C)C)NC(=O)Cc1cccc(C)c1. The lowest BCUT2D eigenvalue weighted by Gasteiger charge is -2.33. The van der Waals surface area contributed by atoms with Gasteiger partial charge in [-0.15, -0.1) is 0 Å². The van der Waals surface area contributed by atoms with Crippen LogP contribution in [0.2, 0.25) is 0 Å². The second-order valence-electron chi connectivity index (χ2n) is 7.56. The Labute approximate surface area is 151 Å². The molecule has 0 heterocycles. The number of carbonyl (C=O) groups excluding carboxylic acids is 2. The maximum Gasteiger partial charge on any atom is 0.407 e. The van der Waals surface area contributed by atoms with Crippen molar-refractivity contribution < 1.29 is 14.3 Å². The van der Waals surface area contributed by atoms with Crippen LogP contribution in [0.4, 0.5) is 4.79 Å². The van der Waals surface area contributed by atoms with E-state index >= 15 is 0 Å². The van der Waals surface area contributed by atoms with Crippen molar-refractivity contribution in [3.8, 4) is 0 Å². The average molecular weight is 348 g/mol. The molecule has 0 radical (unpaired) electrons. The van der Waals surface area contributed by atoms with Gasteiger partial charge in [0.15, 0.2) is 0 Å². The highest BCUT2D eigenvalue weighted by Gasteiger charge is 2.29. The molecule has 0 aliphatic rings. The number of hydrogen-bond donors (Lipinski definition) is 2. The van der Waals surface area contributed by atoms with Crippen LogP contribution >= 0.6 is 0 Å². The van der Waals surface area contributed by atoms with Crippen LogP contribution in [0.15, 0.2) is 24.3 Å². The predicted octanol–water partition coefficient (Wildman–Crippen LogP) is 3.74. The summed E-state index contributed by atoms with van der Waals surface area (Å²) in [5.74, 6) is -0.0414. The topological polar surface area (TPSA) is 67.4 Å². The van der Waals surface area contributed by atoms with Crippen LogP contribution in [-0.2, 0) is 16.0 Å². The number of rotatable bonds is 7. The summed E-state index contributed by atoms with van der Waals surface area (Å²) >= 11 is 0. The van der Waals surface area contributed by atoms with Gasteiger partial charge in [-0.2, -0.15) is 0 Å². The Morgan fingerprint density at radius 2 is 1.76 bits per heavy atom. The Morgan fingerprint density at radius 1 is 1.12 bits per heavy atom. The van der Waals surface area contributed by atoms with Crippen molar-refractivity contribution in [3.05, 3.63) is 35.4 Å². The molecular formula is C20H32N2O3. The van der Waals surface area contributed by atoms with Gasteiger partial charge in [-0.25, -0.2) is 4.79 Å². The fourth-order valence-electron chi connectivity index (χ4n) is 2.62. The molecule has 25 heavy (non-hydrogen) atoms. The maximum absolute atomic E-state index is 12.5. The zero-order valence-electron chi connectivity index (χ0n) is 16.4. The lowest BCUT2D eigenvalue weighted by molar-refractivity contribution is -0.122. The third kappa shape index (κ3) is 7.59. The summed E-state index contributed by atoms with van der Waals surface area (Å²) in [6.45, 7) is 11.8. The smallest absolute Gasteiger partial charge is 0.407 e. The van der Waals surface area contributed by atoms with Crippen LogP contribution in [-0.4, -0.2) is 29.7 Å². The highest BCUT2D eigenvalue weighted by atomic mass is 16.6. The summed E-state index contributed by atoms with van der Waals surface area (Å²) in [6.07, 6.45) is 1.31. The van der Waals surface area contributed by atoms with E-state index in [1.807, 2.05) is 65.8 Å². The first kappa shape index (κ1) is 21.0. The summed E-state index contributed by atoms with van der Waals surface area (Å²) in [5, 5.41) is 5.89. The second-order valence-corrected chi connectivity index (χ2v) is 7.56. The van der Waals surface area contributed by atoms with Crippen LogP contribution in [0.25, 0.3) is 0 Å². The summed E-state index contributed by atoms with van der Waals surface area (Å²) < 4.78 is 5.27. The molecule has 0 aromatic heterocycles. The molecule has 0 aliphatic heterocycles. The Hall–Kier alpha value is -2.04. The van der Waals surface area contributed by atoms with Gasteiger partial charge in [-0.3, -0.25) is 4.79 Å². The van der Waals surface area contributed by atoms with Crippen molar-refractivity contribution in [1.29, 1.82) is 0 Å². The number of amides is 2. The normalized spacial score (nSPS) is 11.8. The van der Waals surface area contributed by atoms with E-state index in [1.165, 1.54) is 0 Å². The van der Waals surface area contributed by atoms with Gasteiger partial charge in [0, 0.05) is 6.54 Å². The van der Waals surface area contributed by atoms with Gasteiger partial charge in [0.05, 0.1) is 12.0 Å². The first-order chi connectivity index (χ1) is 11.6. The monoisotopic (exact) mass is 348 g/mol. The van der Waals surface area contributed by atoms with Crippen molar-refractivity contribution in [1.82, 2.24) is 10.6 Å². The standard InChI is InChI=1S/C20H32N2O3/c1-7-20(8-2,14-21-18(24)25-19(4,5)6)22-17(23)13-16-11-9-10-15(3)12-16/h9-12H,7-8,13-14H2,1-6H3,(H,21,24)(H,22,23). The Morgan fingerprint density at radius 3 is 2.28 bits per heavy atom. The van der Waals surface area contributed by atoms with E-state index in [1.54, 1.807) is 0 Å². The molecule has 5 heteroatoms. The van der Waals surface area contributed by atoms with Crippen LogP contribution in [0.5, 0.6) is 0 Å². The first-order valence-corrected chi connectivity index (χ1v) is 8.92. The minimum Gasteiger partial charge on any atom is -0.444 e. The minimum atomic E-state index is -0.542. The number of nitrogens with one attached hydrogen (secondary N) is 2. The third-order valence-corrected chi connectivity index (χ3v) is 4.18. The van der Waals surface area contributed by atoms with Crippen molar-refractivity contribution in [2.45, 2.75) is 71.9 Å². The predicted molar refractivity (Wildman–Crippen MR) is 101 cm³/mol. The molecule has 2 amide bonds. The van der Waals surface area contributed by atoms with Gasteiger partial charge >= 0.3 is 6.09 Å². The van der Waals surface area contributed by atoms with Crippen LogP contribution in [0.3, 0.4) is 0 Å². The molecule has 0 unspecified atom stereocenters. The fraction of sp³-hybridized carbons (Fsp3) is 0.600. The molecule has 0 bridgehead atoms. The van der Waals surface area contributed by atoms with Gasteiger partial charge in [-0.1, -0.05) is 43.7 Å². The largest absolute Gasteiger partial charge is 0.444 e. The Balaban J connectivity index is 2.67. The van der Waals surface area contributed by atoms with Gasteiger partial charge in [0.1, 0.15) is 5.60 Å². The van der Waals surface area contributed by atoms with Crippen LogP contribution in [0, 0.1) is 6.92 Å². The minimum absolute atomic E-state index is 0.0414. The zero-order valence-corrected chi connectivity index (χ0v) is 16.4. The van der Waals surface area contributed by atoms with Crippen LogP contribution in [0.1, 0.15) is 58.6 Å². The first-order valence-electron chi connectivity index (χ1n) is 8.92. The van der Waals surface area contributed by atoms with Gasteiger partial charge in [0.25, 0.3) is 0 Å². The van der Waals surface area contributed by atoms with Crippen molar-refractivity contribution in [2.24, 2.45) is 0 Å². The summed E-state index contributed by atoms with van der Waals surface area (Å²) in [6, 6.07) is 7.92. The molecule has 0 spiro atoms. The molecule has 1 aromatic rings. The van der Waals surface area contributed by atoms with E-state index in [2.05, 4.69) is 10.6 Å². The third-order valence-electron chi connectivity index (χ3n) is 4.18. The molecule has 2 N–H and O–H groups in total. The number of benzene rings is 1. The molecule has 0 atom stereocenters. The Kier molecular flexibility index (Phi) is 7.46. The number of carbonyl (C=O) groups is 2. The van der Waals surface area contributed by atoms with Crippen molar-refractivity contribution in [3.63, 3.8) is 0 Å². The van der Waals surface area contributed by atoms with Gasteiger partial charge in [0.2, 0.25) is 5.91 Å². The molecule has 1 rings (SSSR count). The summed E-state index contributed by atoms with van der Waals surface area (Å²) in [7, 11) is 0. The number of aryl methyl sites for hydroxylation is 1. The van der Waals surface area contributed by atoms with Gasteiger partial charge < -0.3 is 15.4 Å². The van der Waals surface area contributed by atoms with Crippen molar-refractivity contribution in [2.75, 3.05) is 6.54 Å². The summed E-state index contributed by atoms with van der Waals surface area (Å²) in [4.78, 5) is 24.4. The average Bonchev–Trinajstić information content (AvgIpc) is 2.50. The highest BCUT2D eigenvalue weighted by molar-refractivity contribution is 5.79. The molecule has 0 saturated carbocycles. The van der Waals surface area contributed by atoms with E-state index in [9.17, 15) is 9.59 Å². The highest BCUT2D eigenvalue weighted by Crippen LogP contribution is 2.16. The van der Waals surface area contributed by atoms with E-state index in [0.29, 0.717) is 13.0 Å². The van der Waals surface area contributed by atoms with E-state index in [-0.39, 0.29) is 5.91 Å². The second kappa shape index (κ2) is 8.88. The fourth-order valence-corrected chi connectivity index (χ4v) is 2.62. The van der Waals surface area contributed by atoms with Gasteiger partial charge in [-0.05, 0) is 46.1 Å². The summed E-state index contributed by atoms with van der Waals surface area (Å²) in [5.41, 5.74) is 1.10. The lowest BCUT2D eigenvalue weighted by Crippen LogP contribution is -2.55. The van der Waals surface area contributed by atoms with E-state index in [0.717, 1.165) is 24.0 Å². The molecule has 140 valence electrons. The van der Waals surface area contributed by atoms with Crippen LogP contribution < -0.4 is 10.6 Å². The zero-order chi connectivity index (χ0) is 19.1. The molecule has 0 aliphatic carbocycles. The number of ether oxygens (including phenoxy) is 1.